The van der Waals surface area contributed by atoms with Crippen molar-refractivity contribution in [2.45, 2.75) is 223 Å². The summed E-state index contributed by atoms with van der Waals surface area (Å²) in [6.45, 7) is 26.4. The summed E-state index contributed by atoms with van der Waals surface area (Å²) in [6, 6.07) is 0. The number of allylic oxidation sites excluding steroid dienone is 4. The minimum atomic E-state index is -0.347. The van der Waals surface area contributed by atoms with Crippen LogP contribution in [0, 0.1) is 29.1 Å². The first kappa shape index (κ1) is 56.3. The molecule has 0 amide bonds. The maximum absolute atomic E-state index is 12.5. The number of unbranched alkanes of at least 4 members (excludes halogenated alkanes) is 8. The van der Waals surface area contributed by atoms with Gasteiger partial charge in [0.05, 0.1) is 13.2 Å². The molecule has 2 aliphatic rings. The summed E-state index contributed by atoms with van der Waals surface area (Å²) < 4.78 is 23.9. The Hall–Kier alpha value is -1.74. The number of hydrogen-bond donors (Lipinski definition) is 1. The summed E-state index contributed by atoms with van der Waals surface area (Å²) >= 11 is 0. The van der Waals surface area contributed by atoms with Crippen LogP contribution in [-0.2, 0) is 28.5 Å². The number of carbonyl (C=O) groups is 2. The second kappa shape index (κ2) is 34.7. The van der Waals surface area contributed by atoms with Crippen molar-refractivity contribution in [3.63, 3.8) is 0 Å². The van der Waals surface area contributed by atoms with Crippen LogP contribution in [0.3, 0.4) is 0 Å². The molecule has 0 aromatic rings. The number of esters is 2. The molecule has 0 aromatic carbocycles. The number of ether oxygens (including phenoxy) is 4. The molecule has 8 heteroatoms. The Morgan fingerprint density at radius 1 is 0.667 bits per heavy atom. The Kier molecular flexibility index (Phi) is 32.6. The molecule has 8 nitrogen and oxygen atoms in total. The van der Waals surface area contributed by atoms with E-state index in [0.717, 1.165) is 135 Å². The standard InChI is InChI=1S/C50H91NO7.C2H6/c1-40(2)21-19-23-42(5)29-36-56-49(57-37-30-43(6)24-20-22-41(3)4)31-38-55-47(53)25-15-11-9-13-17-32-51(34-35-52)33-18-14-10-12-16-26-48(54)58-46-39-44-27-28-45(46)50(44,7)8;1-2/h21-22,42-46,49,52H,9-20,23-39H2,1-8H3;1-2H3. The number of hydrogen-bond acceptors (Lipinski definition) is 8. The molecule has 1 N–H and O–H groups in total. The van der Waals surface area contributed by atoms with Crippen LogP contribution in [-0.4, -0.2) is 80.4 Å². The molecule has 5 unspecified atom stereocenters. The maximum Gasteiger partial charge on any atom is 0.306 e. The van der Waals surface area contributed by atoms with Crippen molar-refractivity contribution in [2.75, 3.05) is 46.1 Å². The first-order valence-electron chi connectivity index (χ1n) is 25.0. The summed E-state index contributed by atoms with van der Waals surface area (Å²) in [4.78, 5) is 27.4. The van der Waals surface area contributed by atoms with Crippen molar-refractivity contribution < 1.29 is 33.6 Å². The molecule has 60 heavy (non-hydrogen) atoms. The first-order valence-corrected chi connectivity index (χ1v) is 25.0. The van der Waals surface area contributed by atoms with E-state index in [-0.39, 0.29) is 30.9 Å². The topological polar surface area (TPSA) is 94.5 Å². The highest BCUT2D eigenvalue weighted by Gasteiger charge is 2.54. The Morgan fingerprint density at radius 3 is 1.63 bits per heavy atom. The second-order valence-corrected chi connectivity index (χ2v) is 19.3. The van der Waals surface area contributed by atoms with Gasteiger partial charge in [-0.15, -0.1) is 0 Å². The summed E-state index contributed by atoms with van der Waals surface area (Å²) in [5.41, 5.74) is 3.07. The van der Waals surface area contributed by atoms with E-state index in [1.54, 1.807) is 0 Å². The zero-order valence-corrected chi connectivity index (χ0v) is 41.0. The minimum absolute atomic E-state index is 0.00208. The van der Waals surface area contributed by atoms with Crippen LogP contribution in [0.4, 0.5) is 0 Å². The maximum atomic E-state index is 12.5. The van der Waals surface area contributed by atoms with Crippen molar-refractivity contribution in [3.8, 4) is 0 Å². The van der Waals surface area contributed by atoms with Crippen LogP contribution in [0.5, 0.6) is 0 Å². The Bertz CT molecular complexity index is 1110. The van der Waals surface area contributed by atoms with Gasteiger partial charge in [-0.3, -0.25) is 9.59 Å². The van der Waals surface area contributed by atoms with E-state index in [9.17, 15) is 14.7 Å². The molecule has 2 bridgehead atoms. The summed E-state index contributed by atoms with van der Waals surface area (Å²) in [5, 5.41) is 9.59. The fraction of sp³-hybridized carbons (Fsp3) is 0.885. The van der Waals surface area contributed by atoms with E-state index >= 15 is 0 Å². The van der Waals surface area contributed by atoms with Crippen LogP contribution in [0.2, 0.25) is 0 Å². The average Bonchev–Trinajstić information content (AvgIpc) is 3.61. The lowest BCUT2D eigenvalue weighted by Gasteiger charge is -2.26. The average molecular weight is 848 g/mol. The monoisotopic (exact) mass is 848 g/mol. The molecular formula is C52H97NO7. The molecule has 0 radical (unpaired) electrons. The van der Waals surface area contributed by atoms with Gasteiger partial charge < -0.3 is 29.0 Å². The van der Waals surface area contributed by atoms with Gasteiger partial charge in [0.25, 0.3) is 0 Å². The Balaban J connectivity index is 0.00000886. The number of nitrogens with zero attached hydrogens (tertiary/aromatic N) is 1. The lowest BCUT2D eigenvalue weighted by atomic mass is 9.82. The fourth-order valence-electron chi connectivity index (χ4n) is 9.02. The van der Waals surface area contributed by atoms with Crippen molar-refractivity contribution in [3.05, 3.63) is 23.3 Å². The summed E-state index contributed by atoms with van der Waals surface area (Å²) in [6.07, 6.45) is 26.7. The lowest BCUT2D eigenvalue weighted by Crippen LogP contribution is -2.29. The van der Waals surface area contributed by atoms with Gasteiger partial charge in [0, 0.05) is 44.9 Å². The summed E-state index contributed by atoms with van der Waals surface area (Å²) in [5.74, 6) is 2.32. The van der Waals surface area contributed by atoms with Gasteiger partial charge in [-0.05, 0) is 147 Å². The molecule has 0 aliphatic heterocycles. The van der Waals surface area contributed by atoms with E-state index in [4.69, 9.17) is 18.9 Å². The normalized spacial score (nSPS) is 19.3. The molecule has 0 spiro atoms. The van der Waals surface area contributed by atoms with Crippen LogP contribution in [0.25, 0.3) is 0 Å². The highest BCUT2D eigenvalue weighted by Crippen LogP contribution is 2.58. The molecule has 0 heterocycles. The van der Waals surface area contributed by atoms with Crippen molar-refractivity contribution in [2.24, 2.45) is 29.1 Å². The molecule has 2 aliphatic carbocycles. The molecule has 352 valence electrons. The molecule has 0 aromatic heterocycles. The number of aliphatic hydroxyl groups is 1. The van der Waals surface area contributed by atoms with Gasteiger partial charge in [-0.1, -0.05) is 103 Å². The van der Waals surface area contributed by atoms with E-state index < -0.39 is 0 Å². The zero-order valence-electron chi connectivity index (χ0n) is 41.0. The van der Waals surface area contributed by atoms with Crippen LogP contribution >= 0.6 is 0 Å². The molecule has 2 rings (SSSR count). The fourth-order valence-corrected chi connectivity index (χ4v) is 9.02. The van der Waals surface area contributed by atoms with E-state index in [1.165, 1.54) is 24.0 Å². The Morgan fingerprint density at radius 2 is 1.17 bits per heavy atom. The number of rotatable bonds is 36. The third-order valence-electron chi connectivity index (χ3n) is 13.1. The smallest absolute Gasteiger partial charge is 0.306 e. The molecule has 2 saturated carbocycles. The van der Waals surface area contributed by atoms with Gasteiger partial charge in [0.1, 0.15) is 6.10 Å². The summed E-state index contributed by atoms with van der Waals surface area (Å²) in [7, 11) is 0. The van der Waals surface area contributed by atoms with E-state index in [2.05, 4.69) is 72.4 Å². The second-order valence-electron chi connectivity index (χ2n) is 19.3. The Labute approximate surface area is 370 Å². The van der Waals surface area contributed by atoms with Crippen molar-refractivity contribution in [1.29, 1.82) is 0 Å². The van der Waals surface area contributed by atoms with Gasteiger partial charge in [-0.2, -0.15) is 0 Å². The number of fused-ring (bicyclic) bond motifs is 2. The van der Waals surface area contributed by atoms with Gasteiger partial charge in [-0.25, -0.2) is 0 Å². The van der Waals surface area contributed by atoms with E-state index in [1.807, 2.05) is 13.8 Å². The van der Waals surface area contributed by atoms with E-state index in [0.29, 0.717) is 62.3 Å². The highest BCUT2D eigenvalue weighted by molar-refractivity contribution is 5.69. The largest absolute Gasteiger partial charge is 0.465 e. The molecule has 5 atom stereocenters. The SMILES string of the molecule is CC.CC(C)=CCCC(C)CCOC(CCOC(=O)CCCCCCCN(CCO)CCCCCCCC(=O)OC1CC2CCC1C2(C)C)OCCC(C)CCC=C(C)C. The van der Waals surface area contributed by atoms with Gasteiger partial charge in [0.2, 0.25) is 0 Å². The van der Waals surface area contributed by atoms with Crippen molar-refractivity contribution in [1.82, 2.24) is 4.90 Å². The van der Waals surface area contributed by atoms with Gasteiger partial charge >= 0.3 is 11.9 Å². The quantitative estimate of drug-likeness (QED) is 0.0288. The van der Waals surface area contributed by atoms with Crippen LogP contribution in [0.15, 0.2) is 23.3 Å². The van der Waals surface area contributed by atoms with Crippen molar-refractivity contribution >= 4 is 11.9 Å². The molecule has 2 fully saturated rings. The molecule has 0 saturated heterocycles. The zero-order chi connectivity index (χ0) is 44.6. The third-order valence-corrected chi connectivity index (χ3v) is 13.1. The van der Waals surface area contributed by atoms with Crippen LogP contribution in [0.1, 0.15) is 210 Å². The first-order chi connectivity index (χ1) is 28.8. The predicted octanol–water partition coefficient (Wildman–Crippen LogP) is 13.2. The third kappa shape index (κ3) is 26.7. The number of aliphatic hydroxyl groups excluding tert-OH is 1. The number of carbonyl (C=O) groups excluding carboxylic acids is 2. The minimum Gasteiger partial charge on any atom is -0.465 e. The highest BCUT2D eigenvalue weighted by atomic mass is 16.7. The lowest BCUT2D eigenvalue weighted by molar-refractivity contribution is -0.163. The predicted molar refractivity (Wildman–Crippen MR) is 251 cm³/mol. The van der Waals surface area contributed by atoms with Gasteiger partial charge in [0.15, 0.2) is 6.29 Å². The van der Waals surface area contributed by atoms with Crippen LogP contribution < -0.4 is 0 Å². The molecular weight excluding hydrogens is 751 g/mol.